The van der Waals surface area contributed by atoms with Crippen LogP contribution in [0.5, 0.6) is 0 Å². The molecule has 0 amide bonds. The van der Waals surface area contributed by atoms with Crippen LogP contribution in [0.4, 0.5) is 0 Å². The largest absolute Gasteiger partial charge is 0.360 e. The Balaban J connectivity index is 0.000000191. The van der Waals surface area contributed by atoms with Gasteiger partial charge in [0.25, 0.3) is 0 Å². The number of aromatic amines is 2. The first-order valence-electron chi connectivity index (χ1n) is 11.1. The zero-order valence-corrected chi connectivity index (χ0v) is 20.4. The molecule has 2 aromatic heterocycles. The standard InChI is InChI=1S/2C14H15NO2/c2*1-14(2,3)13(17)10-8-15-11-7-5-4-6-9(11)12(10)16/h2*4-8H,1-3H3,(H,15,16). The Hall–Kier alpha value is -3.80. The Bertz CT molecular complexity index is 1380. The molecule has 0 unspecified atom stereocenters. The second-order valence-electron chi connectivity index (χ2n) is 10.3. The predicted octanol–water partition coefficient (Wildman–Crippen LogP) is 5.51. The van der Waals surface area contributed by atoms with Crippen molar-refractivity contribution in [1.82, 2.24) is 9.97 Å². The normalized spacial score (nSPS) is 11.7. The SMILES string of the molecule is CC(C)(C)C(=O)c1c[nH]c2ccccc2c1=O.CC(C)(C)C(=O)c1c[nH]c2ccccc2c1=O. The number of fused-ring (bicyclic) bond motifs is 2. The summed E-state index contributed by atoms with van der Waals surface area (Å²) in [6.07, 6.45) is 3.02. The van der Waals surface area contributed by atoms with Gasteiger partial charge in [0.15, 0.2) is 22.4 Å². The molecule has 4 rings (SSSR count). The highest BCUT2D eigenvalue weighted by Gasteiger charge is 2.26. The van der Waals surface area contributed by atoms with Gasteiger partial charge in [0.05, 0.1) is 11.1 Å². The summed E-state index contributed by atoms with van der Waals surface area (Å²) in [7, 11) is 0. The number of nitrogens with one attached hydrogen (secondary N) is 2. The van der Waals surface area contributed by atoms with Crippen LogP contribution in [-0.4, -0.2) is 21.5 Å². The maximum absolute atomic E-state index is 12.2. The van der Waals surface area contributed by atoms with Crippen molar-refractivity contribution >= 4 is 33.4 Å². The van der Waals surface area contributed by atoms with Crippen LogP contribution < -0.4 is 10.9 Å². The number of Topliss-reactive ketones (excluding diaryl/α,β-unsaturated/α-hetero) is 2. The van der Waals surface area contributed by atoms with Crippen molar-refractivity contribution in [3.05, 3.63) is 92.5 Å². The molecule has 0 bridgehead atoms. The molecule has 0 saturated heterocycles. The maximum Gasteiger partial charge on any atom is 0.200 e. The number of aromatic nitrogens is 2. The van der Waals surface area contributed by atoms with E-state index >= 15 is 0 Å². The van der Waals surface area contributed by atoms with Crippen molar-refractivity contribution in [2.75, 3.05) is 0 Å². The number of rotatable bonds is 2. The third kappa shape index (κ3) is 5.06. The molecule has 2 N–H and O–H groups in total. The first kappa shape index (κ1) is 24.8. The lowest BCUT2D eigenvalue weighted by atomic mass is 9.86. The van der Waals surface area contributed by atoms with E-state index in [2.05, 4.69) is 9.97 Å². The summed E-state index contributed by atoms with van der Waals surface area (Å²) in [6.45, 7) is 10.9. The smallest absolute Gasteiger partial charge is 0.200 e. The minimum absolute atomic E-state index is 0.135. The van der Waals surface area contributed by atoms with Gasteiger partial charge in [-0.2, -0.15) is 0 Å². The predicted molar refractivity (Wildman–Crippen MR) is 137 cm³/mol. The molecule has 0 radical (unpaired) electrons. The molecule has 0 spiro atoms. The van der Waals surface area contributed by atoms with Crippen molar-refractivity contribution in [2.24, 2.45) is 10.8 Å². The van der Waals surface area contributed by atoms with Crippen LogP contribution >= 0.6 is 0 Å². The van der Waals surface area contributed by atoms with Gasteiger partial charge in [0.2, 0.25) is 0 Å². The van der Waals surface area contributed by atoms with Crippen molar-refractivity contribution < 1.29 is 9.59 Å². The monoisotopic (exact) mass is 458 g/mol. The van der Waals surface area contributed by atoms with Crippen LogP contribution in [0.2, 0.25) is 0 Å². The average Bonchev–Trinajstić information content (AvgIpc) is 2.78. The number of carbonyl (C=O) groups excluding carboxylic acids is 2. The summed E-state index contributed by atoms with van der Waals surface area (Å²) in [6, 6.07) is 14.4. The molecule has 2 heterocycles. The van der Waals surface area contributed by atoms with Gasteiger partial charge in [-0.05, 0) is 24.3 Å². The molecule has 0 fully saturated rings. The summed E-state index contributed by atoms with van der Waals surface area (Å²) < 4.78 is 0. The molecular formula is C28H30N2O4. The molecule has 0 saturated carbocycles. The summed E-state index contributed by atoms with van der Waals surface area (Å²) in [5.74, 6) is -0.269. The van der Waals surface area contributed by atoms with Gasteiger partial charge in [-0.1, -0.05) is 65.8 Å². The van der Waals surface area contributed by atoms with Gasteiger partial charge in [-0.3, -0.25) is 19.2 Å². The molecular weight excluding hydrogens is 428 g/mol. The van der Waals surface area contributed by atoms with E-state index in [0.29, 0.717) is 10.8 Å². The first-order chi connectivity index (χ1) is 15.8. The molecule has 0 aliphatic heterocycles. The lowest BCUT2D eigenvalue weighted by molar-refractivity contribution is 0.0851. The fourth-order valence-corrected chi connectivity index (χ4v) is 3.48. The quantitative estimate of drug-likeness (QED) is 0.387. The summed E-state index contributed by atoms with van der Waals surface area (Å²) in [5, 5.41) is 1.12. The first-order valence-corrected chi connectivity index (χ1v) is 11.1. The van der Waals surface area contributed by atoms with Crippen LogP contribution in [0.25, 0.3) is 21.8 Å². The van der Waals surface area contributed by atoms with E-state index < -0.39 is 10.8 Å². The van der Waals surface area contributed by atoms with Crippen molar-refractivity contribution in [2.45, 2.75) is 41.5 Å². The fraction of sp³-hybridized carbons (Fsp3) is 0.286. The minimum atomic E-state index is -0.546. The second kappa shape index (κ2) is 9.21. The Labute approximate surface area is 198 Å². The molecule has 0 aliphatic rings. The molecule has 176 valence electrons. The van der Waals surface area contributed by atoms with E-state index in [-0.39, 0.29) is 33.6 Å². The van der Waals surface area contributed by atoms with E-state index in [1.807, 2.05) is 65.8 Å². The van der Waals surface area contributed by atoms with Gasteiger partial charge >= 0.3 is 0 Å². The molecule has 4 aromatic rings. The number of hydrogen-bond acceptors (Lipinski definition) is 4. The highest BCUT2D eigenvalue weighted by molar-refractivity contribution is 6.02. The van der Waals surface area contributed by atoms with Crippen LogP contribution in [-0.2, 0) is 0 Å². The van der Waals surface area contributed by atoms with E-state index in [1.54, 1.807) is 24.3 Å². The van der Waals surface area contributed by atoms with E-state index in [4.69, 9.17) is 0 Å². The zero-order chi connectivity index (χ0) is 25.3. The highest BCUT2D eigenvalue weighted by atomic mass is 16.1. The third-order valence-electron chi connectivity index (χ3n) is 5.43. The Kier molecular flexibility index (Phi) is 6.73. The van der Waals surface area contributed by atoms with Crippen LogP contribution in [0.3, 0.4) is 0 Å². The van der Waals surface area contributed by atoms with Gasteiger partial charge < -0.3 is 9.97 Å². The molecule has 6 heteroatoms. The van der Waals surface area contributed by atoms with Crippen molar-refractivity contribution in [1.29, 1.82) is 0 Å². The number of hydrogen-bond donors (Lipinski definition) is 2. The zero-order valence-electron chi connectivity index (χ0n) is 20.4. The topological polar surface area (TPSA) is 99.9 Å². The lowest BCUT2D eigenvalue weighted by Gasteiger charge is -2.16. The number of ketones is 2. The number of H-pyrrole nitrogens is 2. The summed E-state index contributed by atoms with van der Waals surface area (Å²) >= 11 is 0. The fourth-order valence-electron chi connectivity index (χ4n) is 3.48. The van der Waals surface area contributed by atoms with Crippen LogP contribution in [0.15, 0.2) is 70.5 Å². The van der Waals surface area contributed by atoms with E-state index in [1.165, 1.54) is 12.4 Å². The number of para-hydroxylation sites is 2. The number of benzene rings is 2. The van der Waals surface area contributed by atoms with E-state index in [9.17, 15) is 19.2 Å². The number of pyridine rings is 2. The third-order valence-corrected chi connectivity index (χ3v) is 5.43. The Morgan fingerprint density at radius 2 is 0.912 bits per heavy atom. The summed E-state index contributed by atoms with van der Waals surface area (Å²) in [5.41, 5.74) is 0.488. The average molecular weight is 459 g/mol. The summed E-state index contributed by atoms with van der Waals surface area (Å²) in [4.78, 5) is 54.6. The van der Waals surface area contributed by atoms with Gasteiger partial charge in [-0.15, -0.1) is 0 Å². The molecule has 0 aliphatic carbocycles. The van der Waals surface area contributed by atoms with Crippen molar-refractivity contribution in [3.63, 3.8) is 0 Å². The molecule has 2 aromatic carbocycles. The second-order valence-corrected chi connectivity index (χ2v) is 10.3. The molecule has 6 nitrogen and oxygen atoms in total. The van der Waals surface area contributed by atoms with E-state index in [0.717, 1.165) is 11.0 Å². The lowest BCUT2D eigenvalue weighted by Crippen LogP contribution is -2.26. The Morgan fingerprint density at radius 1 is 0.588 bits per heavy atom. The van der Waals surface area contributed by atoms with Gasteiger partial charge in [0.1, 0.15) is 0 Å². The van der Waals surface area contributed by atoms with Gasteiger partial charge in [0, 0.05) is 45.0 Å². The minimum Gasteiger partial charge on any atom is -0.360 e. The van der Waals surface area contributed by atoms with Crippen LogP contribution in [0.1, 0.15) is 62.3 Å². The Morgan fingerprint density at radius 3 is 1.24 bits per heavy atom. The highest BCUT2D eigenvalue weighted by Crippen LogP contribution is 2.20. The van der Waals surface area contributed by atoms with Gasteiger partial charge in [-0.25, -0.2) is 0 Å². The number of carbonyl (C=O) groups is 2. The van der Waals surface area contributed by atoms with Crippen LogP contribution in [0, 0.1) is 10.8 Å². The maximum atomic E-state index is 12.2. The van der Waals surface area contributed by atoms with Crippen molar-refractivity contribution in [3.8, 4) is 0 Å². The molecule has 34 heavy (non-hydrogen) atoms. The molecule has 0 atom stereocenters.